The van der Waals surface area contributed by atoms with Crippen LogP contribution in [0.2, 0.25) is 0 Å². The van der Waals surface area contributed by atoms with E-state index in [2.05, 4.69) is 6.92 Å². The topological polar surface area (TPSA) is 125 Å². The lowest BCUT2D eigenvalue weighted by atomic mass is 9.46. The van der Waals surface area contributed by atoms with E-state index < -0.39 is 47.2 Å². The number of rotatable bonds is 8. The van der Waals surface area contributed by atoms with E-state index in [1.165, 1.54) is 0 Å². The lowest BCUT2D eigenvalue weighted by Gasteiger charge is -2.59. The average Bonchev–Trinajstić information content (AvgIpc) is 3.17. The molecule has 0 aromatic rings. The minimum Gasteiger partial charge on any atom is -0.434 e. The molecule has 3 fully saturated rings. The molecule has 0 bridgehead atoms. The molecule has 1 N–H and O–H groups in total. The van der Waals surface area contributed by atoms with Gasteiger partial charge in [0, 0.05) is 16.7 Å². The summed E-state index contributed by atoms with van der Waals surface area (Å²) >= 11 is 0. The van der Waals surface area contributed by atoms with Crippen LogP contribution in [0.3, 0.4) is 0 Å². The van der Waals surface area contributed by atoms with Gasteiger partial charge in [0.25, 0.3) is 0 Å². The number of allylic oxidation sites excluding steroid dienone is 4. The Balaban J connectivity index is 1.65. The molecule has 0 aromatic carbocycles. The second kappa shape index (κ2) is 11.1. The maximum absolute atomic E-state index is 13.9. The molecule has 9 heteroatoms. The van der Waals surface area contributed by atoms with Gasteiger partial charge in [-0.2, -0.15) is 0 Å². The van der Waals surface area contributed by atoms with Gasteiger partial charge in [-0.3, -0.25) is 9.59 Å². The molecule has 0 heterocycles. The molecular formula is C30H42O9. The van der Waals surface area contributed by atoms with Gasteiger partial charge in [0.05, 0.1) is 19.3 Å². The van der Waals surface area contributed by atoms with Gasteiger partial charge >= 0.3 is 12.3 Å². The van der Waals surface area contributed by atoms with Crippen LogP contribution in [0.25, 0.3) is 0 Å². The third kappa shape index (κ3) is 5.14. The lowest BCUT2D eigenvalue weighted by molar-refractivity contribution is -0.184. The Kier molecular flexibility index (Phi) is 8.31. The number of ether oxygens (including phenoxy) is 4. The molecule has 0 spiro atoms. The van der Waals surface area contributed by atoms with E-state index in [1.54, 1.807) is 12.2 Å². The summed E-state index contributed by atoms with van der Waals surface area (Å²) in [6.07, 6.45) is 5.64. The van der Waals surface area contributed by atoms with Crippen molar-refractivity contribution >= 4 is 23.9 Å². The van der Waals surface area contributed by atoms with Crippen LogP contribution < -0.4 is 0 Å². The number of hydrogen-bond donors (Lipinski definition) is 1. The number of aliphatic hydroxyl groups is 1. The van der Waals surface area contributed by atoms with E-state index in [-0.39, 0.29) is 55.5 Å². The maximum Gasteiger partial charge on any atom is 0.509 e. The Hall–Kier alpha value is -2.68. The first kappa shape index (κ1) is 29.3. The summed E-state index contributed by atoms with van der Waals surface area (Å²) in [5.74, 6) is -0.640. The predicted molar refractivity (Wildman–Crippen MR) is 141 cm³/mol. The van der Waals surface area contributed by atoms with Crippen molar-refractivity contribution in [3.05, 3.63) is 23.8 Å². The van der Waals surface area contributed by atoms with Crippen LogP contribution in [0.15, 0.2) is 23.8 Å². The van der Waals surface area contributed by atoms with Crippen LogP contribution in [-0.2, 0) is 28.5 Å². The van der Waals surface area contributed by atoms with Crippen molar-refractivity contribution in [2.45, 2.75) is 84.8 Å². The number of hydrogen-bond acceptors (Lipinski definition) is 9. The molecule has 0 radical (unpaired) electrons. The van der Waals surface area contributed by atoms with E-state index in [4.69, 9.17) is 18.9 Å². The van der Waals surface area contributed by atoms with E-state index >= 15 is 0 Å². The van der Waals surface area contributed by atoms with E-state index in [0.717, 1.165) is 18.4 Å². The highest BCUT2D eigenvalue weighted by Crippen LogP contribution is 2.68. The largest absolute Gasteiger partial charge is 0.509 e. The fraction of sp³-hybridized carbons (Fsp3) is 0.733. The summed E-state index contributed by atoms with van der Waals surface area (Å²) in [4.78, 5) is 50.9. The van der Waals surface area contributed by atoms with Crippen molar-refractivity contribution in [2.75, 3.05) is 19.8 Å². The highest BCUT2D eigenvalue weighted by atomic mass is 16.7. The van der Waals surface area contributed by atoms with Crippen LogP contribution in [0.5, 0.6) is 0 Å². The SMILES string of the molecule is CCCOC(=O)OCC(=O)[C@@]1(OC(=O)OCC(C)C)CC[C@H]2[C@@H]3CCC4=CC(=O)C=C[C@]4(C)[C@H]3C(O)C[C@@]21C. The highest BCUT2D eigenvalue weighted by Gasteiger charge is 2.70. The number of aliphatic hydroxyl groups excluding tert-OH is 1. The van der Waals surface area contributed by atoms with Gasteiger partial charge in [-0.05, 0) is 68.4 Å². The summed E-state index contributed by atoms with van der Waals surface area (Å²) in [5, 5.41) is 11.7. The Morgan fingerprint density at radius 1 is 1.10 bits per heavy atom. The number of fused-ring (bicyclic) bond motifs is 5. The molecule has 1 unspecified atom stereocenters. The normalized spacial score (nSPS) is 36.8. The lowest BCUT2D eigenvalue weighted by Crippen LogP contribution is -2.63. The first-order valence-electron chi connectivity index (χ1n) is 14.2. The van der Waals surface area contributed by atoms with E-state index in [9.17, 15) is 24.3 Å². The van der Waals surface area contributed by atoms with Crippen molar-refractivity contribution in [2.24, 2.45) is 34.5 Å². The molecule has 9 nitrogen and oxygen atoms in total. The summed E-state index contributed by atoms with van der Waals surface area (Å²) in [6.45, 7) is 9.31. The monoisotopic (exact) mass is 546 g/mol. The van der Waals surface area contributed by atoms with Crippen molar-refractivity contribution in [3.63, 3.8) is 0 Å². The molecule has 3 saturated carbocycles. The predicted octanol–water partition coefficient (Wildman–Crippen LogP) is 4.95. The first-order chi connectivity index (χ1) is 18.4. The molecule has 0 aromatic heterocycles. The van der Waals surface area contributed by atoms with Crippen LogP contribution in [-0.4, -0.2) is 60.5 Å². The Morgan fingerprint density at radius 2 is 1.85 bits per heavy atom. The quantitative estimate of drug-likeness (QED) is 0.421. The van der Waals surface area contributed by atoms with Crippen molar-refractivity contribution < 1.29 is 43.2 Å². The fourth-order valence-corrected chi connectivity index (χ4v) is 7.87. The number of carbonyl (C=O) groups excluding carboxylic acids is 4. The van der Waals surface area contributed by atoms with Gasteiger partial charge in [0.15, 0.2) is 18.0 Å². The van der Waals surface area contributed by atoms with Gasteiger partial charge in [-0.25, -0.2) is 9.59 Å². The zero-order chi connectivity index (χ0) is 28.6. The third-order valence-electron chi connectivity index (χ3n) is 9.60. The number of carbonyl (C=O) groups is 4. The summed E-state index contributed by atoms with van der Waals surface area (Å²) in [5.41, 5.74) is -1.97. The van der Waals surface area contributed by atoms with Gasteiger partial charge < -0.3 is 24.1 Å². The minimum atomic E-state index is -1.63. The maximum atomic E-state index is 13.9. The Bertz CT molecular complexity index is 1060. The average molecular weight is 547 g/mol. The smallest absolute Gasteiger partial charge is 0.434 e. The van der Waals surface area contributed by atoms with E-state index in [1.807, 2.05) is 33.8 Å². The molecule has 216 valence electrons. The van der Waals surface area contributed by atoms with Crippen molar-refractivity contribution in [1.82, 2.24) is 0 Å². The molecular weight excluding hydrogens is 504 g/mol. The summed E-state index contributed by atoms with van der Waals surface area (Å²) in [7, 11) is 0. The van der Waals surface area contributed by atoms with Crippen LogP contribution in [0.4, 0.5) is 9.59 Å². The first-order valence-corrected chi connectivity index (χ1v) is 14.2. The minimum absolute atomic E-state index is 0.0349. The zero-order valence-corrected chi connectivity index (χ0v) is 23.7. The molecule has 39 heavy (non-hydrogen) atoms. The van der Waals surface area contributed by atoms with Crippen LogP contribution >= 0.6 is 0 Å². The number of ketones is 2. The molecule has 0 amide bonds. The second-order valence-corrected chi connectivity index (χ2v) is 12.4. The standard InChI is InChI=1S/C30H42O9/c1-6-13-36-26(34)38-17-24(33)30(39-27(35)37-16-18(2)3)12-10-22-21-8-7-19-14-20(31)9-11-28(19,4)25(21)23(32)15-29(22,30)5/h9,11,14,18,21-23,25,32H,6-8,10,12-13,15-17H2,1-5H3/t21-,22-,23?,25+,28-,29-,30-/m0/s1. The zero-order valence-electron chi connectivity index (χ0n) is 23.7. The van der Waals surface area contributed by atoms with Crippen molar-refractivity contribution in [3.8, 4) is 0 Å². The molecule has 4 aliphatic carbocycles. The number of Topliss-reactive ketones (excluding diaryl/α,β-unsaturated/α-hetero) is 1. The molecule has 4 rings (SSSR count). The molecule has 0 aliphatic heterocycles. The Morgan fingerprint density at radius 3 is 2.54 bits per heavy atom. The van der Waals surface area contributed by atoms with Crippen LogP contribution in [0.1, 0.15) is 73.1 Å². The van der Waals surface area contributed by atoms with E-state index in [0.29, 0.717) is 12.8 Å². The summed E-state index contributed by atoms with van der Waals surface area (Å²) in [6, 6.07) is 0. The molecule has 0 saturated heterocycles. The summed E-state index contributed by atoms with van der Waals surface area (Å²) < 4.78 is 21.3. The fourth-order valence-electron chi connectivity index (χ4n) is 7.87. The second-order valence-electron chi connectivity index (χ2n) is 12.4. The third-order valence-corrected chi connectivity index (χ3v) is 9.60. The van der Waals surface area contributed by atoms with Crippen LogP contribution in [0, 0.1) is 34.5 Å². The Labute approximate surface area is 230 Å². The molecule has 7 atom stereocenters. The van der Waals surface area contributed by atoms with Crippen molar-refractivity contribution in [1.29, 1.82) is 0 Å². The van der Waals surface area contributed by atoms with Gasteiger partial charge in [-0.1, -0.05) is 46.3 Å². The van der Waals surface area contributed by atoms with Gasteiger partial charge in [0.1, 0.15) is 0 Å². The van der Waals surface area contributed by atoms with Gasteiger partial charge in [0.2, 0.25) is 5.78 Å². The highest BCUT2D eigenvalue weighted by molar-refractivity contribution is 6.01. The van der Waals surface area contributed by atoms with Gasteiger partial charge in [-0.15, -0.1) is 0 Å². The molecule has 4 aliphatic rings.